The van der Waals surface area contributed by atoms with E-state index >= 15 is 0 Å². The monoisotopic (exact) mass is 732 g/mol. The van der Waals surface area contributed by atoms with Crippen molar-refractivity contribution in [3.63, 3.8) is 0 Å². The molecular weight excluding hydrogens is 673 g/mol. The van der Waals surface area contributed by atoms with E-state index in [2.05, 4.69) is 41.7 Å². The summed E-state index contributed by atoms with van der Waals surface area (Å²) >= 11 is 0. The number of carbonyl (C=O) groups is 5. The lowest BCUT2D eigenvalue weighted by molar-refractivity contribution is -0.146. The number of rotatable bonds is 13. The van der Waals surface area contributed by atoms with Crippen molar-refractivity contribution < 1.29 is 32.4 Å². The van der Waals surface area contributed by atoms with E-state index < -0.39 is 73.9 Å². The number of fused-ring (bicyclic) bond motifs is 1. The lowest BCUT2D eigenvalue weighted by atomic mass is 9.70. The Kier molecular flexibility index (Phi) is 11.1. The molecule has 5 amide bonds. The summed E-state index contributed by atoms with van der Waals surface area (Å²) in [7, 11) is -2.08. The summed E-state index contributed by atoms with van der Waals surface area (Å²) in [5.74, 6) is -2.15. The molecule has 0 bridgehead atoms. The first-order valence-corrected chi connectivity index (χ1v) is 20.3. The minimum Gasteiger partial charge on any atom is -0.346 e. The van der Waals surface area contributed by atoms with E-state index in [4.69, 9.17) is 0 Å². The van der Waals surface area contributed by atoms with Crippen LogP contribution in [0.2, 0.25) is 0 Å². The molecule has 51 heavy (non-hydrogen) atoms. The third kappa shape index (κ3) is 8.01. The maximum absolute atomic E-state index is 14.9. The summed E-state index contributed by atoms with van der Waals surface area (Å²) in [5, 5.41) is 10.6. The molecule has 14 heteroatoms. The van der Waals surface area contributed by atoms with E-state index in [1.54, 1.807) is 11.9 Å². The number of sulfonamides is 1. The normalized spacial score (nSPS) is 29.5. The average Bonchev–Trinajstić information content (AvgIpc) is 3.87. The Labute approximate surface area is 303 Å². The second-order valence-corrected chi connectivity index (χ2v) is 20.1. The van der Waals surface area contributed by atoms with Crippen LogP contribution in [0.25, 0.3) is 0 Å². The highest BCUT2D eigenvalue weighted by Crippen LogP contribution is 2.65. The molecule has 0 spiro atoms. The second-order valence-electron chi connectivity index (χ2n) is 17.8. The van der Waals surface area contributed by atoms with Gasteiger partial charge in [-0.3, -0.25) is 19.2 Å². The first-order valence-electron chi connectivity index (χ1n) is 18.8. The zero-order chi connectivity index (χ0) is 37.7. The zero-order valence-electron chi connectivity index (χ0n) is 31.5. The smallest absolute Gasteiger partial charge is 0.315 e. The van der Waals surface area contributed by atoms with Crippen LogP contribution in [-0.4, -0.2) is 103 Å². The van der Waals surface area contributed by atoms with Crippen molar-refractivity contribution in [1.29, 1.82) is 0 Å². The van der Waals surface area contributed by atoms with E-state index in [0.717, 1.165) is 32.1 Å². The van der Waals surface area contributed by atoms with Crippen LogP contribution in [-0.2, 0) is 29.2 Å². The molecule has 2 saturated heterocycles. The number of carbonyl (C=O) groups excluding carboxylic acids is 5. The maximum Gasteiger partial charge on any atom is 0.315 e. The Morgan fingerprint density at radius 3 is 2.16 bits per heavy atom. The lowest BCUT2D eigenvalue weighted by Crippen LogP contribution is -2.64. The van der Waals surface area contributed by atoms with Gasteiger partial charge in [-0.1, -0.05) is 79.7 Å². The SMILES string of the molecule is C=CCNC(=O)C(=O)C(CC1CC1)NC(=O)[C@@H]1[C@@H]2[C@H](CN1C(=O)[C@@H](NC(=O)N[C@H]([C@H]1CCN(C)S1(=O)=O)C(C)(C)C)C1(C)CCCCC1)C2(C)C. The number of ketones is 1. The van der Waals surface area contributed by atoms with Gasteiger partial charge in [-0.15, -0.1) is 6.58 Å². The Morgan fingerprint density at radius 1 is 0.961 bits per heavy atom. The third-order valence-corrected chi connectivity index (χ3v) is 15.0. The van der Waals surface area contributed by atoms with Gasteiger partial charge < -0.3 is 26.2 Å². The molecule has 13 nitrogen and oxygen atoms in total. The second kappa shape index (κ2) is 14.4. The summed E-state index contributed by atoms with van der Waals surface area (Å²) in [6.45, 7) is 16.2. The Morgan fingerprint density at radius 2 is 1.61 bits per heavy atom. The van der Waals surface area contributed by atoms with Crippen molar-refractivity contribution in [2.45, 2.75) is 129 Å². The van der Waals surface area contributed by atoms with E-state index in [9.17, 15) is 32.4 Å². The van der Waals surface area contributed by atoms with Gasteiger partial charge in [-0.05, 0) is 59.7 Å². The molecule has 7 atom stereocenters. The van der Waals surface area contributed by atoms with Crippen LogP contribution in [0, 0.1) is 34.0 Å². The summed E-state index contributed by atoms with van der Waals surface area (Å²) in [5.41, 5.74) is -1.40. The topological polar surface area (TPSA) is 174 Å². The van der Waals surface area contributed by atoms with Crippen molar-refractivity contribution in [2.24, 2.45) is 34.0 Å². The maximum atomic E-state index is 14.9. The van der Waals surface area contributed by atoms with Crippen LogP contribution in [0.1, 0.15) is 99.3 Å². The summed E-state index contributed by atoms with van der Waals surface area (Å²) in [6, 6.07) is -4.18. The van der Waals surface area contributed by atoms with Crippen molar-refractivity contribution in [1.82, 2.24) is 30.5 Å². The molecule has 3 saturated carbocycles. The fourth-order valence-electron chi connectivity index (χ4n) is 9.08. The lowest BCUT2D eigenvalue weighted by Gasteiger charge is -2.43. The quantitative estimate of drug-likeness (QED) is 0.166. The number of amides is 5. The molecule has 0 aromatic heterocycles. The van der Waals surface area contributed by atoms with E-state index in [1.807, 2.05) is 27.7 Å². The molecular formula is C37H60N6O7S. The molecule has 4 N–H and O–H groups in total. The first-order chi connectivity index (χ1) is 23.7. The first kappa shape index (κ1) is 39.2. The fraction of sp³-hybridized carbons (Fsp3) is 0.811. The largest absolute Gasteiger partial charge is 0.346 e. The molecule has 0 radical (unpaired) electrons. The third-order valence-electron chi connectivity index (χ3n) is 12.6. The van der Waals surface area contributed by atoms with Crippen LogP contribution >= 0.6 is 0 Å². The van der Waals surface area contributed by atoms with Gasteiger partial charge >= 0.3 is 6.03 Å². The van der Waals surface area contributed by atoms with Gasteiger partial charge in [-0.25, -0.2) is 17.5 Å². The van der Waals surface area contributed by atoms with Gasteiger partial charge in [-0.2, -0.15) is 0 Å². The van der Waals surface area contributed by atoms with Gasteiger partial charge in [0.25, 0.3) is 5.91 Å². The van der Waals surface area contributed by atoms with Gasteiger partial charge in [0.1, 0.15) is 12.1 Å². The molecule has 0 aromatic carbocycles. The highest BCUT2D eigenvalue weighted by atomic mass is 32.2. The summed E-state index contributed by atoms with van der Waals surface area (Å²) in [6.07, 6.45) is 8.27. The summed E-state index contributed by atoms with van der Waals surface area (Å²) in [4.78, 5) is 70.6. The molecule has 3 aliphatic carbocycles. The van der Waals surface area contributed by atoms with E-state index in [-0.39, 0.29) is 35.6 Å². The van der Waals surface area contributed by atoms with Crippen LogP contribution in [0.15, 0.2) is 12.7 Å². The van der Waals surface area contributed by atoms with Gasteiger partial charge in [0, 0.05) is 26.7 Å². The predicted octanol–water partition coefficient (Wildman–Crippen LogP) is 2.71. The molecule has 0 aromatic rings. The van der Waals surface area contributed by atoms with Crippen molar-refractivity contribution in [2.75, 3.05) is 26.7 Å². The van der Waals surface area contributed by atoms with Crippen molar-refractivity contribution >= 4 is 39.6 Å². The standard InChI is InChI=1S/C37H60N6O7S/c1-9-18-38-32(46)28(44)24(20-22-13-14-22)39-31(45)27-26-23(36(26,5)6)21-43(27)33(47)30(37(7)16-11-10-12-17-37)41-34(48)40-29(35(2,3)4)25-15-19-42(8)51(25,49)50/h9,22-27,29-30H,1,10-21H2,2-8H3,(H,38,46)(H,39,45)(H2,40,41,48)/t23-,24?,25+,26-,27-,29+,30+/m0/s1. The van der Waals surface area contributed by atoms with Crippen LogP contribution in [0.4, 0.5) is 4.79 Å². The Hall–Kier alpha value is -3.00. The Balaban J connectivity index is 1.40. The number of nitrogens with one attached hydrogen (secondary N) is 4. The number of piperidine rings is 1. The molecule has 5 rings (SSSR count). The molecule has 2 aliphatic heterocycles. The van der Waals surface area contributed by atoms with Crippen molar-refractivity contribution in [3.8, 4) is 0 Å². The number of urea groups is 1. The van der Waals surface area contributed by atoms with Crippen molar-refractivity contribution in [3.05, 3.63) is 12.7 Å². The van der Waals surface area contributed by atoms with Gasteiger partial charge in [0.2, 0.25) is 27.6 Å². The van der Waals surface area contributed by atoms with Gasteiger partial charge in [0.15, 0.2) is 0 Å². The number of likely N-dealkylation sites (tertiary alicyclic amines) is 1. The van der Waals surface area contributed by atoms with Crippen LogP contribution < -0.4 is 21.3 Å². The minimum absolute atomic E-state index is 0.0640. The minimum atomic E-state index is -3.63. The number of nitrogens with zero attached hydrogens (tertiary/aromatic N) is 2. The molecule has 1 unspecified atom stereocenters. The number of hydrogen-bond donors (Lipinski definition) is 4. The average molecular weight is 733 g/mol. The zero-order valence-corrected chi connectivity index (χ0v) is 32.4. The predicted molar refractivity (Wildman–Crippen MR) is 194 cm³/mol. The Bertz CT molecular complexity index is 1510. The molecule has 286 valence electrons. The van der Waals surface area contributed by atoms with Crippen LogP contribution in [0.5, 0.6) is 0 Å². The molecule has 2 heterocycles. The van der Waals surface area contributed by atoms with Crippen LogP contribution in [0.3, 0.4) is 0 Å². The van der Waals surface area contributed by atoms with Gasteiger partial charge in [0.05, 0.1) is 17.3 Å². The molecule has 5 fully saturated rings. The van der Waals surface area contributed by atoms with E-state index in [1.165, 1.54) is 10.4 Å². The van der Waals surface area contributed by atoms with E-state index in [0.29, 0.717) is 38.8 Å². The number of Topliss-reactive ketones (excluding diaryl/α,β-unsaturated/α-hetero) is 1. The fourth-order valence-corrected chi connectivity index (χ4v) is 11.1. The molecule has 5 aliphatic rings. The highest BCUT2D eigenvalue weighted by molar-refractivity contribution is 7.90. The highest BCUT2D eigenvalue weighted by Gasteiger charge is 2.70. The number of hydrogen-bond acceptors (Lipinski definition) is 7. The summed E-state index contributed by atoms with van der Waals surface area (Å²) < 4.78 is 27.8.